The summed E-state index contributed by atoms with van der Waals surface area (Å²) < 4.78 is 0. The minimum absolute atomic E-state index is 0.203. The van der Waals surface area contributed by atoms with Crippen molar-refractivity contribution in [2.45, 2.75) is 58.4 Å². The third-order valence-electron chi connectivity index (χ3n) is 5.37. The average molecular weight is 296 g/mol. The number of nitrogens with zero attached hydrogens (tertiary/aromatic N) is 1. The van der Waals surface area contributed by atoms with Crippen LogP contribution in [0.25, 0.3) is 0 Å². The van der Waals surface area contributed by atoms with Crippen molar-refractivity contribution >= 4 is 12.0 Å². The molecule has 0 bridgehead atoms. The number of carboxylic acid groups (broad SMARTS) is 1. The molecule has 2 N–H and O–H groups in total. The number of aliphatic carboxylic acids is 1. The zero-order valence-electron chi connectivity index (χ0n) is 13.4. The average Bonchev–Trinajstić information content (AvgIpc) is 2.41. The summed E-state index contributed by atoms with van der Waals surface area (Å²) in [7, 11) is 0. The van der Waals surface area contributed by atoms with Crippen LogP contribution in [0.15, 0.2) is 0 Å². The van der Waals surface area contributed by atoms with Gasteiger partial charge in [-0.3, -0.25) is 0 Å². The van der Waals surface area contributed by atoms with Crippen LogP contribution in [0, 0.1) is 17.8 Å². The molecule has 2 rings (SSSR count). The predicted octanol–water partition coefficient (Wildman–Crippen LogP) is 2.71. The summed E-state index contributed by atoms with van der Waals surface area (Å²) in [6.07, 6.45) is 3.97. The molecule has 1 saturated carbocycles. The second kappa shape index (κ2) is 6.24. The van der Waals surface area contributed by atoms with Gasteiger partial charge in [0.2, 0.25) is 0 Å². The van der Waals surface area contributed by atoms with Gasteiger partial charge in [0.05, 0.1) is 0 Å². The molecule has 2 fully saturated rings. The predicted molar refractivity (Wildman–Crippen MR) is 81.0 cm³/mol. The molecule has 0 aromatic rings. The highest BCUT2D eigenvalue weighted by Crippen LogP contribution is 2.33. The Bertz CT molecular complexity index is 412. The van der Waals surface area contributed by atoms with Gasteiger partial charge in [0, 0.05) is 13.1 Å². The van der Waals surface area contributed by atoms with Gasteiger partial charge in [0.25, 0.3) is 0 Å². The maximum Gasteiger partial charge on any atom is 0.329 e. The number of carboxylic acids is 1. The number of likely N-dealkylation sites (tertiary alicyclic amines) is 1. The lowest BCUT2D eigenvalue weighted by Gasteiger charge is -2.41. The molecule has 21 heavy (non-hydrogen) atoms. The number of urea groups is 1. The Hall–Kier alpha value is -1.26. The van der Waals surface area contributed by atoms with E-state index in [0.29, 0.717) is 30.6 Å². The van der Waals surface area contributed by atoms with Crippen LogP contribution in [-0.2, 0) is 4.79 Å². The highest BCUT2D eigenvalue weighted by molar-refractivity contribution is 5.86. The minimum Gasteiger partial charge on any atom is -0.480 e. The van der Waals surface area contributed by atoms with Crippen molar-refractivity contribution in [3.63, 3.8) is 0 Å². The Morgan fingerprint density at radius 2 is 1.90 bits per heavy atom. The lowest BCUT2D eigenvalue weighted by Crippen LogP contribution is -2.60. The highest BCUT2D eigenvalue weighted by atomic mass is 16.4. The number of piperidine rings is 1. The van der Waals surface area contributed by atoms with Crippen LogP contribution >= 0.6 is 0 Å². The first-order chi connectivity index (χ1) is 9.84. The van der Waals surface area contributed by atoms with Crippen molar-refractivity contribution in [3.8, 4) is 0 Å². The first-order valence-electron chi connectivity index (χ1n) is 8.14. The summed E-state index contributed by atoms with van der Waals surface area (Å²) in [6, 6.07) is -0.203. The number of rotatable bonds is 2. The SMILES string of the molecule is CC1CCCC(NC(=O)N2CCC(C)C(C)C2)(C(=O)O)C1. The Balaban J connectivity index is 2.03. The maximum absolute atomic E-state index is 12.5. The summed E-state index contributed by atoms with van der Waals surface area (Å²) >= 11 is 0. The van der Waals surface area contributed by atoms with Gasteiger partial charge < -0.3 is 15.3 Å². The van der Waals surface area contributed by atoms with Gasteiger partial charge in [-0.2, -0.15) is 0 Å². The maximum atomic E-state index is 12.5. The molecule has 1 aliphatic carbocycles. The van der Waals surface area contributed by atoms with E-state index < -0.39 is 11.5 Å². The van der Waals surface area contributed by atoms with Crippen molar-refractivity contribution in [1.29, 1.82) is 0 Å². The van der Waals surface area contributed by atoms with E-state index in [-0.39, 0.29) is 6.03 Å². The first-order valence-corrected chi connectivity index (χ1v) is 8.14. The molecule has 0 aromatic heterocycles. The first kappa shape index (κ1) is 16.1. The smallest absolute Gasteiger partial charge is 0.329 e. The Morgan fingerprint density at radius 1 is 1.19 bits per heavy atom. The molecule has 5 nitrogen and oxygen atoms in total. The molecule has 1 aliphatic heterocycles. The third kappa shape index (κ3) is 3.50. The van der Waals surface area contributed by atoms with E-state index in [1.807, 2.05) is 0 Å². The Morgan fingerprint density at radius 3 is 2.48 bits per heavy atom. The third-order valence-corrected chi connectivity index (χ3v) is 5.37. The summed E-state index contributed by atoms with van der Waals surface area (Å²) in [5.41, 5.74) is -1.07. The fraction of sp³-hybridized carbons (Fsp3) is 0.875. The van der Waals surface area contributed by atoms with Gasteiger partial charge in [-0.25, -0.2) is 9.59 Å². The fourth-order valence-electron chi connectivity index (χ4n) is 3.64. The molecular formula is C16H28N2O3. The molecule has 1 heterocycles. The topological polar surface area (TPSA) is 69.6 Å². The van der Waals surface area contributed by atoms with Gasteiger partial charge in [-0.15, -0.1) is 0 Å². The summed E-state index contributed by atoms with van der Waals surface area (Å²) in [6.45, 7) is 7.87. The number of amides is 2. The minimum atomic E-state index is -1.07. The van der Waals surface area contributed by atoms with Crippen LogP contribution in [0.5, 0.6) is 0 Å². The monoisotopic (exact) mass is 296 g/mol. The standard InChI is InChI=1S/C16H28N2O3/c1-11-5-4-7-16(9-11,14(19)20)17-15(21)18-8-6-12(2)13(3)10-18/h11-13H,4-10H2,1-3H3,(H,17,21)(H,19,20). The molecule has 0 spiro atoms. The Kier molecular flexibility index (Phi) is 4.79. The van der Waals surface area contributed by atoms with Crippen molar-refractivity contribution in [1.82, 2.24) is 10.2 Å². The van der Waals surface area contributed by atoms with Crippen LogP contribution in [-0.4, -0.2) is 40.6 Å². The second-order valence-corrected chi connectivity index (χ2v) is 7.21. The van der Waals surface area contributed by atoms with E-state index in [1.54, 1.807) is 4.90 Å². The molecule has 0 radical (unpaired) electrons. The van der Waals surface area contributed by atoms with Crippen LogP contribution in [0.3, 0.4) is 0 Å². The largest absolute Gasteiger partial charge is 0.480 e. The van der Waals surface area contributed by atoms with Crippen molar-refractivity contribution in [2.24, 2.45) is 17.8 Å². The van der Waals surface area contributed by atoms with Gasteiger partial charge >= 0.3 is 12.0 Å². The van der Waals surface area contributed by atoms with Gasteiger partial charge in [0.1, 0.15) is 5.54 Å². The number of nitrogens with one attached hydrogen (secondary N) is 1. The molecule has 0 aromatic carbocycles. The van der Waals surface area contributed by atoms with Crippen LogP contribution < -0.4 is 5.32 Å². The Labute approximate surface area is 127 Å². The lowest BCUT2D eigenvalue weighted by molar-refractivity contribution is -0.146. The molecule has 4 atom stereocenters. The van der Waals surface area contributed by atoms with E-state index in [4.69, 9.17) is 0 Å². The lowest BCUT2D eigenvalue weighted by atomic mass is 9.76. The van der Waals surface area contributed by atoms with E-state index in [0.717, 1.165) is 32.4 Å². The van der Waals surface area contributed by atoms with Crippen LogP contribution in [0.4, 0.5) is 4.79 Å². The van der Waals surface area contributed by atoms with E-state index in [2.05, 4.69) is 26.1 Å². The second-order valence-electron chi connectivity index (χ2n) is 7.21. The van der Waals surface area contributed by atoms with E-state index >= 15 is 0 Å². The molecule has 120 valence electrons. The van der Waals surface area contributed by atoms with Gasteiger partial charge in [-0.05, 0) is 37.0 Å². The zero-order valence-corrected chi connectivity index (χ0v) is 13.4. The molecular weight excluding hydrogens is 268 g/mol. The number of hydrogen-bond donors (Lipinski definition) is 2. The quantitative estimate of drug-likeness (QED) is 0.823. The van der Waals surface area contributed by atoms with Gasteiger partial charge in [-0.1, -0.05) is 33.6 Å². The van der Waals surface area contributed by atoms with E-state index in [9.17, 15) is 14.7 Å². The molecule has 4 unspecified atom stereocenters. The number of hydrogen-bond acceptors (Lipinski definition) is 2. The molecule has 5 heteroatoms. The summed E-state index contributed by atoms with van der Waals surface area (Å²) in [5, 5.41) is 12.5. The summed E-state index contributed by atoms with van der Waals surface area (Å²) in [5.74, 6) is 0.545. The molecule has 2 aliphatic rings. The molecule has 2 amide bonds. The van der Waals surface area contributed by atoms with Crippen molar-refractivity contribution in [3.05, 3.63) is 0 Å². The van der Waals surface area contributed by atoms with Crippen molar-refractivity contribution < 1.29 is 14.7 Å². The zero-order chi connectivity index (χ0) is 15.6. The fourth-order valence-corrected chi connectivity index (χ4v) is 3.64. The van der Waals surface area contributed by atoms with Crippen LogP contribution in [0.2, 0.25) is 0 Å². The number of carbonyl (C=O) groups excluding carboxylic acids is 1. The highest BCUT2D eigenvalue weighted by Gasteiger charge is 2.44. The van der Waals surface area contributed by atoms with Crippen molar-refractivity contribution in [2.75, 3.05) is 13.1 Å². The van der Waals surface area contributed by atoms with E-state index in [1.165, 1.54) is 0 Å². The van der Waals surface area contributed by atoms with Crippen LogP contribution in [0.1, 0.15) is 52.9 Å². The summed E-state index contributed by atoms with van der Waals surface area (Å²) in [4.78, 5) is 26.0. The molecule has 1 saturated heterocycles. The van der Waals surface area contributed by atoms with Gasteiger partial charge in [0.15, 0.2) is 0 Å². The normalized spacial score (nSPS) is 37.1. The number of carbonyl (C=O) groups is 2.